The van der Waals surface area contributed by atoms with E-state index in [1.54, 1.807) is 0 Å². The fourth-order valence-corrected chi connectivity index (χ4v) is 5.96. The fourth-order valence-electron chi connectivity index (χ4n) is 5.96. The lowest BCUT2D eigenvalue weighted by molar-refractivity contribution is -0.137. The normalized spacial score (nSPS) is 25.7. The van der Waals surface area contributed by atoms with Gasteiger partial charge in [0.15, 0.2) is 0 Å². The van der Waals surface area contributed by atoms with Crippen LogP contribution in [0, 0.1) is 25.2 Å². The van der Waals surface area contributed by atoms with E-state index in [-0.39, 0.29) is 24.1 Å². The summed E-state index contributed by atoms with van der Waals surface area (Å²) in [7, 11) is 0. The first kappa shape index (κ1) is 21.0. The lowest BCUT2D eigenvalue weighted by atomic mass is 9.63. The minimum absolute atomic E-state index is 0.142. The van der Waals surface area contributed by atoms with E-state index >= 15 is 0 Å². The highest BCUT2D eigenvalue weighted by Gasteiger charge is 2.50. The Morgan fingerprint density at radius 3 is 2.33 bits per heavy atom. The molecule has 1 aromatic carbocycles. The van der Waals surface area contributed by atoms with Gasteiger partial charge in [-0.2, -0.15) is 0 Å². The van der Waals surface area contributed by atoms with Gasteiger partial charge in [-0.3, -0.25) is 19.3 Å². The monoisotopic (exact) mass is 411 g/mol. The SMILES string of the molecule is Cc1ccc(N2C(=O)C[C@H](N3CCC(C(N)=O)(C4CCCCC4)CC3)C2=O)c(C)c1. The molecule has 2 aliphatic heterocycles. The summed E-state index contributed by atoms with van der Waals surface area (Å²) in [5.74, 6) is -0.106. The average Bonchev–Trinajstić information content (AvgIpc) is 3.03. The molecule has 1 aliphatic carbocycles. The number of benzene rings is 1. The van der Waals surface area contributed by atoms with Crippen molar-refractivity contribution in [1.82, 2.24) is 4.90 Å². The van der Waals surface area contributed by atoms with Crippen molar-refractivity contribution in [2.75, 3.05) is 18.0 Å². The summed E-state index contributed by atoms with van der Waals surface area (Å²) in [6.45, 7) is 5.22. The second-order valence-corrected chi connectivity index (χ2v) is 9.47. The molecule has 2 saturated heterocycles. The molecule has 3 aliphatic rings. The van der Waals surface area contributed by atoms with E-state index in [2.05, 4.69) is 4.90 Å². The molecule has 6 heteroatoms. The molecular formula is C24H33N3O3. The number of rotatable bonds is 4. The zero-order valence-electron chi connectivity index (χ0n) is 18.2. The molecule has 0 bridgehead atoms. The summed E-state index contributed by atoms with van der Waals surface area (Å²) in [5.41, 5.74) is 8.19. The van der Waals surface area contributed by atoms with Crippen molar-refractivity contribution in [2.24, 2.45) is 17.1 Å². The van der Waals surface area contributed by atoms with Crippen LogP contribution in [0.1, 0.15) is 62.5 Å². The van der Waals surface area contributed by atoms with Crippen LogP contribution >= 0.6 is 0 Å². The van der Waals surface area contributed by atoms with Crippen LogP contribution in [-0.4, -0.2) is 41.8 Å². The van der Waals surface area contributed by atoms with E-state index in [0.717, 1.165) is 24.0 Å². The van der Waals surface area contributed by atoms with Crippen LogP contribution < -0.4 is 10.6 Å². The summed E-state index contributed by atoms with van der Waals surface area (Å²) in [6.07, 6.45) is 7.31. The molecule has 1 saturated carbocycles. The highest BCUT2D eigenvalue weighted by Crippen LogP contribution is 2.46. The molecule has 0 spiro atoms. The third-order valence-corrected chi connectivity index (χ3v) is 7.72. The second kappa shape index (κ2) is 8.14. The predicted molar refractivity (Wildman–Crippen MR) is 116 cm³/mol. The minimum atomic E-state index is -0.449. The van der Waals surface area contributed by atoms with E-state index in [4.69, 9.17) is 5.73 Å². The van der Waals surface area contributed by atoms with Gasteiger partial charge >= 0.3 is 0 Å². The molecule has 6 nitrogen and oxygen atoms in total. The highest BCUT2D eigenvalue weighted by atomic mass is 16.2. The fraction of sp³-hybridized carbons (Fsp3) is 0.625. The van der Waals surface area contributed by atoms with Gasteiger partial charge in [0.2, 0.25) is 11.8 Å². The topological polar surface area (TPSA) is 83.7 Å². The minimum Gasteiger partial charge on any atom is -0.369 e. The number of carbonyl (C=O) groups excluding carboxylic acids is 3. The summed E-state index contributed by atoms with van der Waals surface area (Å²) in [6, 6.07) is 5.36. The number of anilines is 1. The third-order valence-electron chi connectivity index (χ3n) is 7.72. The summed E-state index contributed by atoms with van der Waals surface area (Å²) in [4.78, 5) is 41.9. The van der Waals surface area contributed by atoms with Gasteiger partial charge in [0.1, 0.15) is 0 Å². The first-order valence-electron chi connectivity index (χ1n) is 11.3. The van der Waals surface area contributed by atoms with Gasteiger partial charge < -0.3 is 5.73 Å². The number of carbonyl (C=O) groups is 3. The van der Waals surface area contributed by atoms with E-state index < -0.39 is 11.5 Å². The Bertz CT molecular complexity index is 851. The Kier molecular flexibility index (Phi) is 5.71. The molecule has 3 fully saturated rings. The first-order valence-corrected chi connectivity index (χ1v) is 11.3. The zero-order chi connectivity index (χ0) is 21.5. The maximum absolute atomic E-state index is 13.2. The van der Waals surface area contributed by atoms with E-state index in [1.165, 1.54) is 24.2 Å². The number of nitrogens with zero attached hydrogens (tertiary/aromatic N) is 2. The van der Waals surface area contributed by atoms with Gasteiger partial charge in [-0.15, -0.1) is 0 Å². The van der Waals surface area contributed by atoms with Gasteiger partial charge in [-0.05, 0) is 70.2 Å². The van der Waals surface area contributed by atoms with Crippen LogP contribution in [0.25, 0.3) is 0 Å². The van der Waals surface area contributed by atoms with Crippen molar-refractivity contribution >= 4 is 23.4 Å². The molecule has 162 valence electrons. The molecule has 2 heterocycles. The Morgan fingerprint density at radius 2 is 1.73 bits per heavy atom. The molecule has 4 rings (SSSR count). The van der Waals surface area contributed by atoms with Gasteiger partial charge in [-0.1, -0.05) is 37.0 Å². The van der Waals surface area contributed by atoms with Gasteiger partial charge in [0.05, 0.1) is 23.6 Å². The number of likely N-dealkylation sites (tertiary alicyclic amines) is 1. The van der Waals surface area contributed by atoms with Crippen molar-refractivity contribution in [2.45, 2.75) is 71.3 Å². The molecule has 0 radical (unpaired) electrons. The van der Waals surface area contributed by atoms with Crippen LogP contribution in [0.5, 0.6) is 0 Å². The number of aryl methyl sites for hydroxylation is 2. The summed E-state index contributed by atoms with van der Waals surface area (Å²) >= 11 is 0. The van der Waals surface area contributed by atoms with Crippen LogP contribution in [0.15, 0.2) is 18.2 Å². The van der Waals surface area contributed by atoms with Crippen LogP contribution in [0.2, 0.25) is 0 Å². The Hall–Kier alpha value is -2.21. The highest BCUT2D eigenvalue weighted by molar-refractivity contribution is 6.22. The quantitative estimate of drug-likeness (QED) is 0.772. The number of primary amides is 1. The van der Waals surface area contributed by atoms with E-state index in [1.807, 2.05) is 32.0 Å². The average molecular weight is 412 g/mol. The van der Waals surface area contributed by atoms with Crippen molar-refractivity contribution in [1.29, 1.82) is 0 Å². The molecule has 30 heavy (non-hydrogen) atoms. The molecule has 2 N–H and O–H groups in total. The maximum Gasteiger partial charge on any atom is 0.251 e. The summed E-state index contributed by atoms with van der Waals surface area (Å²) < 4.78 is 0. The molecular weight excluding hydrogens is 378 g/mol. The standard InChI is InChI=1S/C24H33N3O3/c1-16-8-9-19(17(2)14-16)27-21(28)15-20(22(27)29)26-12-10-24(11-13-26,23(25)30)18-6-4-3-5-7-18/h8-9,14,18,20H,3-7,10-13,15H2,1-2H3,(H2,25,30)/t20-/m0/s1. The lowest BCUT2D eigenvalue weighted by Gasteiger charge is -2.46. The van der Waals surface area contributed by atoms with Crippen molar-refractivity contribution in [3.63, 3.8) is 0 Å². The van der Waals surface area contributed by atoms with E-state index in [0.29, 0.717) is 37.5 Å². The predicted octanol–water partition coefficient (Wildman–Crippen LogP) is 3.08. The molecule has 0 unspecified atom stereocenters. The first-order chi connectivity index (χ1) is 14.3. The number of nitrogens with two attached hydrogens (primary N) is 1. The number of hydrogen-bond acceptors (Lipinski definition) is 4. The van der Waals surface area contributed by atoms with Crippen molar-refractivity contribution in [3.8, 4) is 0 Å². The van der Waals surface area contributed by atoms with Gasteiger partial charge in [0.25, 0.3) is 5.91 Å². The van der Waals surface area contributed by atoms with Gasteiger partial charge in [-0.25, -0.2) is 4.90 Å². The van der Waals surface area contributed by atoms with Crippen molar-refractivity contribution in [3.05, 3.63) is 29.3 Å². The number of amides is 3. The second-order valence-electron chi connectivity index (χ2n) is 9.47. The van der Waals surface area contributed by atoms with Gasteiger partial charge in [0, 0.05) is 0 Å². The largest absolute Gasteiger partial charge is 0.369 e. The van der Waals surface area contributed by atoms with Crippen LogP contribution in [0.4, 0.5) is 5.69 Å². The smallest absolute Gasteiger partial charge is 0.251 e. The Morgan fingerprint density at radius 1 is 1.07 bits per heavy atom. The third kappa shape index (κ3) is 3.55. The Balaban J connectivity index is 1.49. The molecule has 0 aromatic heterocycles. The van der Waals surface area contributed by atoms with E-state index in [9.17, 15) is 14.4 Å². The summed E-state index contributed by atoms with van der Waals surface area (Å²) in [5, 5.41) is 0. The van der Waals surface area contributed by atoms with Crippen LogP contribution in [-0.2, 0) is 14.4 Å². The zero-order valence-corrected chi connectivity index (χ0v) is 18.2. The number of hydrogen-bond donors (Lipinski definition) is 1. The van der Waals surface area contributed by atoms with Crippen molar-refractivity contribution < 1.29 is 14.4 Å². The lowest BCUT2D eigenvalue weighted by Crippen LogP contribution is -2.54. The maximum atomic E-state index is 13.2. The molecule has 1 atom stereocenters. The number of imide groups is 1. The number of piperidine rings is 1. The molecule has 3 amide bonds. The van der Waals surface area contributed by atoms with Crippen LogP contribution in [0.3, 0.4) is 0 Å². The molecule has 1 aromatic rings. The Labute approximate surface area is 178 Å².